The monoisotopic (exact) mass is 1020 g/mol. The minimum absolute atomic E-state index is 0.0856. The average molecular weight is 1020 g/mol. The van der Waals surface area contributed by atoms with E-state index in [4.69, 9.17) is 14.2 Å². The lowest BCUT2D eigenvalue weighted by Crippen LogP contribution is -2.30. The highest BCUT2D eigenvalue weighted by molar-refractivity contribution is 5.72. The molecule has 74 heavy (non-hydrogen) atoms. The SMILES string of the molecule is CC/C=C\C/C=C\C/C=C\C/C=C\C/C=C\C/C=C\C/C=C\CCCCCCCCCC(=O)OCC(COC(=O)CCCCCCC/C=C\CCCCC)OC(=O)C/C=C\C/C=C\C/C=C\C/C=C\C/C=C\CC. The van der Waals surface area contributed by atoms with E-state index >= 15 is 0 Å². The molecule has 0 fully saturated rings. The van der Waals surface area contributed by atoms with Gasteiger partial charge in [0.2, 0.25) is 0 Å². The van der Waals surface area contributed by atoms with Gasteiger partial charge in [-0.25, -0.2) is 0 Å². The number of unbranched alkanes of at least 4 members (excludes halogenated alkanes) is 15. The highest BCUT2D eigenvalue weighted by Gasteiger charge is 2.19. The van der Waals surface area contributed by atoms with Crippen LogP contribution in [0.5, 0.6) is 0 Å². The molecule has 0 aliphatic carbocycles. The third-order valence-electron chi connectivity index (χ3n) is 11.8. The third-order valence-corrected chi connectivity index (χ3v) is 11.8. The Labute approximate surface area is 454 Å². The summed E-state index contributed by atoms with van der Waals surface area (Å²) in [6.07, 6.45) is 88.4. The van der Waals surface area contributed by atoms with Crippen molar-refractivity contribution in [2.24, 2.45) is 0 Å². The zero-order chi connectivity index (χ0) is 53.6. The Kier molecular flexibility index (Phi) is 56.5. The zero-order valence-corrected chi connectivity index (χ0v) is 47.3. The van der Waals surface area contributed by atoms with Gasteiger partial charge in [0.1, 0.15) is 13.2 Å². The Balaban J connectivity index is 4.41. The smallest absolute Gasteiger partial charge is 0.310 e. The van der Waals surface area contributed by atoms with Crippen molar-refractivity contribution in [2.75, 3.05) is 13.2 Å². The summed E-state index contributed by atoms with van der Waals surface area (Å²) in [7, 11) is 0. The zero-order valence-electron chi connectivity index (χ0n) is 47.3. The van der Waals surface area contributed by atoms with Crippen LogP contribution in [-0.2, 0) is 28.6 Å². The molecule has 0 aliphatic rings. The van der Waals surface area contributed by atoms with Crippen molar-refractivity contribution in [1.82, 2.24) is 0 Å². The Bertz CT molecular complexity index is 1690. The van der Waals surface area contributed by atoms with Crippen molar-refractivity contribution < 1.29 is 28.6 Å². The molecule has 0 aromatic carbocycles. The first kappa shape index (κ1) is 69.0. The summed E-state index contributed by atoms with van der Waals surface area (Å²) < 4.78 is 16.7. The molecule has 0 aromatic rings. The minimum Gasteiger partial charge on any atom is -0.462 e. The van der Waals surface area contributed by atoms with Crippen LogP contribution < -0.4 is 0 Å². The molecule has 0 N–H and O–H groups in total. The van der Waals surface area contributed by atoms with E-state index < -0.39 is 12.1 Å². The lowest BCUT2D eigenvalue weighted by atomic mass is 10.1. The molecule has 0 bridgehead atoms. The molecular weight excluding hydrogens is 913 g/mol. The fourth-order valence-corrected chi connectivity index (χ4v) is 7.43. The maximum absolute atomic E-state index is 12.8. The quantitative estimate of drug-likeness (QED) is 0.0261. The van der Waals surface area contributed by atoms with Gasteiger partial charge in [-0.2, -0.15) is 0 Å². The molecule has 0 radical (unpaired) electrons. The van der Waals surface area contributed by atoms with Crippen LogP contribution >= 0.6 is 0 Å². The summed E-state index contributed by atoms with van der Waals surface area (Å²) in [6.45, 7) is 6.27. The lowest BCUT2D eigenvalue weighted by Gasteiger charge is -2.18. The number of allylic oxidation sites excluding steroid dienone is 25. The largest absolute Gasteiger partial charge is 0.462 e. The van der Waals surface area contributed by atoms with E-state index in [2.05, 4.69) is 167 Å². The Morgan fingerprint density at radius 3 is 0.905 bits per heavy atom. The van der Waals surface area contributed by atoms with Crippen LogP contribution in [0.2, 0.25) is 0 Å². The topological polar surface area (TPSA) is 78.9 Å². The van der Waals surface area contributed by atoms with Crippen molar-refractivity contribution >= 4 is 17.9 Å². The van der Waals surface area contributed by atoms with Crippen LogP contribution in [0.25, 0.3) is 0 Å². The second-order valence-corrected chi connectivity index (χ2v) is 18.8. The number of hydrogen-bond donors (Lipinski definition) is 0. The Hall–Kier alpha value is -4.97. The predicted molar refractivity (Wildman–Crippen MR) is 320 cm³/mol. The molecule has 0 rings (SSSR count). The minimum atomic E-state index is -0.848. The van der Waals surface area contributed by atoms with Gasteiger partial charge in [0.15, 0.2) is 6.10 Å². The molecule has 6 nitrogen and oxygen atoms in total. The van der Waals surface area contributed by atoms with Crippen LogP contribution in [0.15, 0.2) is 158 Å². The highest BCUT2D eigenvalue weighted by atomic mass is 16.6. The van der Waals surface area contributed by atoms with E-state index in [0.717, 1.165) is 135 Å². The number of esters is 3. The lowest BCUT2D eigenvalue weighted by molar-refractivity contribution is -0.166. The highest BCUT2D eigenvalue weighted by Crippen LogP contribution is 2.13. The third kappa shape index (κ3) is 57.9. The fraction of sp³-hybridized carbons (Fsp3) is 0.574. The first-order valence-corrected chi connectivity index (χ1v) is 29.5. The van der Waals surface area contributed by atoms with Crippen LogP contribution in [0.3, 0.4) is 0 Å². The van der Waals surface area contributed by atoms with Crippen molar-refractivity contribution in [1.29, 1.82) is 0 Å². The summed E-state index contributed by atoms with van der Waals surface area (Å²) >= 11 is 0. The fourth-order valence-electron chi connectivity index (χ4n) is 7.43. The molecule has 0 aliphatic heterocycles. The van der Waals surface area contributed by atoms with Gasteiger partial charge >= 0.3 is 17.9 Å². The molecule has 0 saturated carbocycles. The van der Waals surface area contributed by atoms with Crippen LogP contribution in [0.4, 0.5) is 0 Å². The van der Waals surface area contributed by atoms with E-state index in [1.807, 2.05) is 6.08 Å². The van der Waals surface area contributed by atoms with E-state index in [1.54, 1.807) is 6.08 Å². The second kappa shape index (κ2) is 60.6. The summed E-state index contributed by atoms with van der Waals surface area (Å²) in [5.41, 5.74) is 0. The van der Waals surface area contributed by atoms with E-state index in [1.165, 1.54) is 51.4 Å². The standard InChI is InChI=1S/C68H106O6/c1-4-7-10-13-16-19-22-25-27-28-29-30-31-32-33-34-35-36-37-38-39-40-42-43-46-49-52-55-58-61-67(70)73-64-65(63-72-66(69)60-57-54-51-48-45-24-21-18-15-12-9-6-3)74-68(71)62-59-56-53-50-47-44-41-26-23-20-17-14-11-8-5-2/h7-8,10-11,16-21,25-27,29-30,32-33,35-36,38-39,41,47,50,56,59,65H,4-6,9,12-15,22-24,28,31,34,37,40,42-46,48-49,51-55,57-58,60-64H2,1-3H3/b10-7-,11-8-,19-16-,20-17-,21-18-,27-25-,30-29-,33-32-,36-35-,39-38-,41-26-,50-47-,59-56-. The van der Waals surface area contributed by atoms with E-state index in [0.29, 0.717) is 19.3 Å². The number of ether oxygens (including phenoxy) is 3. The number of rotatable bonds is 51. The normalized spacial score (nSPS) is 13.3. The molecule has 414 valence electrons. The maximum Gasteiger partial charge on any atom is 0.310 e. The summed E-state index contributed by atoms with van der Waals surface area (Å²) in [5, 5.41) is 0. The Morgan fingerprint density at radius 2 is 0.568 bits per heavy atom. The predicted octanol–water partition coefficient (Wildman–Crippen LogP) is 20.1. The molecular formula is C68H106O6. The van der Waals surface area contributed by atoms with Crippen LogP contribution in [-0.4, -0.2) is 37.2 Å². The second-order valence-electron chi connectivity index (χ2n) is 18.8. The summed E-state index contributed by atoms with van der Waals surface area (Å²) in [4.78, 5) is 38.1. The van der Waals surface area contributed by atoms with E-state index in [9.17, 15) is 14.4 Å². The summed E-state index contributed by atoms with van der Waals surface area (Å²) in [6, 6.07) is 0. The number of carbonyl (C=O) groups excluding carboxylic acids is 3. The molecule has 0 heterocycles. The van der Waals surface area contributed by atoms with Crippen molar-refractivity contribution in [3.63, 3.8) is 0 Å². The van der Waals surface area contributed by atoms with Gasteiger partial charge in [-0.1, -0.05) is 243 Å². The van der Waals surface area contributed by atoms with Gasteiger partial charge < -0.3 is 14.2 Å². The van der Waals surface area contributed by atoms with Crippen molar-refractivity contribution in [3.8, 4) is 0 Å². The Morgan fingerprint density at radius 1 is 0.297 bits per heavy atom. The van der Waals surface area contributed by atoms with Crippen molar-refractivity contribution in [3.05, 3.63) is 158 Å². The molecule has 1 atom stereocenters. The van der Waals surface area contributed by atoms with Gasteiger partial charge in [0.05, 0.1) is 6.42 Å². The van der Waals surface area contributed by atoms with E-state index in [-0.39, 0.29) is 31.6 Å². The van der Waals surface area contributed by atoms with Crippen LogP contribution in [0, 0.1) is 0 Å². The maximum atomic E-state index is 12.8. The van der Waals surface area contributed by atoms with Crippen molar-refractivity contribution in [2.45, 2.75) is 239 Å². The molecule has 0 amide bonds. The molecule has 0 saturated heterocycles. The van der Waals surface area contributed by atoms with Gasteiger partial charge in [0.25, 0.3) is 0 Å². The molecule has 1 unspecified atom stereocenters. The average Bonchev–Trinajstić information content (AvgIpc) is 3.40. The van der Waals surface area contributed by atoms with Gasteiger partial charge in [0, 0.05) is 12.8 Å². The number of carbonyl (C=O) groups is 3. The van der Waals surface area contributed by atoms with Gasteiger partial charge in [-0.3, -0.25) is 14.4 Å². The molecule has 6 heteroatoms. The number of hydrogen-bond acceptors (Lipinski definition) is 6. The molecule has 0 spiro atoms. The van der Waals surface area contributed by atoms with Crippen LogP contribution in [0.1, 0.15) is 233 Å². The molecule has 0 aromatic heterocycles. The summed E-state index contributed by atoms with van der Waals surface area (Å²) in [5.74, 6) is -1.09. The first-order valence-electron chi connectivity index (χ1n) is 29.5. The first-order chi connectivity index (χ1) is 36.5. The van der Waals surface area contributed by atoms with Gasteiger partial charge in [-0.15, -0.1) is 0 Å². The van der Waals surface area contributed by atoms with Gasteiger partial charge in [-0.05, 0) is 128 Å².